The number of rotatable bonds is 10. The molecule has 0 amide bonds. The average Bonchev–Trinajstić information content (AvgIpc) is 2.89. The summed E-state index contributed by atoms with van der Waals surface area (Å²) in [5.41, 5.74) is 1.21. The van der Waals surface area contributed by atoms with E-state index in [1.165, 1.54) is 5.56 Å². The molecule has 1 aromatic heterocycles. The van der Waals surface area contributed by atoms with Gasteiger partial charge in [-0.15, -0.1) is 0 Å². The SMILES string of the molecule is CCNC(=NCc1ccn(C)c1)NCCCOCCOC. The Morgan fingerprint density at radius 1 is 1.29 bits per heavy atom. The van der Waals surface area contributed by atoms with Crippen molar-refractivity contribution < 1.29 is 9.47 Å². The average molecular weight is 296 g/mol. The molecule has 0 bridgehead atoms. The smallest absolute Gasteiger partial charge is 0.191 e. The summed E-state index contributed by atoms with van der Waals surface area (Å²) in [5.74, 6) is 0.846. The van der Waals surface area contributed by atoms with Gasteiger partial charge in [0.25, 0.3) is 0 Å². The van der Waals surface area contributed by atoms with E-state index in [0.717, 1.165) is 32.1 Å². The molecule has 0 aliphatic rings. The number of ether oxygens (including phenoxy) is 2. The van der Waals surface area contributed by atoms with E-state index in [4.69, 9.17) is 9.47 Å². The summed E-state index contributed by atoms with van der Waals surface area (Å²) in [7, 11) is 3.69. The van der Waals surface area contributed by atoms with E-state index in [0.29, 0.717) is 19.8 Å². The van der Waals surface area contributed by atoms with Crippen LogP contribution < -0.4 is 10.6 Å². The van der Waals surface area contributed by atoms with Gasteiger partial charge in [-0.05, 0) is 25.0 Å². The van der Waals surface area contributed by atoms with Gasteiger partial charge in [0, 0.05) is 46.2 Å². The fraction of sp³-hybridized carbons (Fsp3) is 0.667. The van der Waals surface area contributed by atoms with E-state index < -0.39 is 0 Å². The van der Waals surface area contributed by atoms with Crippen molar-refractivity contribution in [3.05, 3.63) is 24.0 Å². The fourth-order valence-electron chi connectivity index (χ4n) is 1.79. The van der Waals surface area contributed by atoms with Crippen molar-refractivity contribution in [3.63, 3.8) is 0 Å². The van der Waals surface area contributed by atoms with E-state index in [2.05, 4.69) is 34.8 Å². The fourth-order valence-corrected chi connectivity index (χ4v) is 1.79. The monoisotopic (exact) mass is 296 g/mol. The normalized spacial score (nSPS) is 11.7. The third-order valence-corrected chi connectivity index (χ3v) is 2.85. The van der Waals surface area contributed by atoms with E-state index in [1.807, 2.05) is 17.8 Å². The standard InChI is InChI=1S/C15H28N4O2/c1-4-16-15(17-7-5-9-21-11-10-20-3)18-12-14-6-8-19(2)13-14/h6,8,13H,4-5,7,9-12H2,1-3H3,(H2,16,17,18). The lowest BCUT2D eigenvalue weighted by Gasteiger charge is -2.11. The van der Waals surface area contributed by atoms with Crippen LogP contribution in [0.2, 0.25) is 0 Å². The Labute approximate surface area is 127 Å². The van der Waals surface area contributed by atoms with Crippen LogP contribution in [0.5, 0.6) is 0 Å². The molecule has 0 aromatic carbocycles. The van der Waals surface area contributed by atoms with E-state index in [-0.39, 0.29) is 0 Å². The van der Waals surface area contributed by atoms with Crippen LogP contribution in [0.25, 0.3) is 0 Å². The van der Waals surface area contributed by atoms with Crippen molar-refractivity contribution in [2.45, 2.75) is 19.9 Å². The molecule has 0 spiro atoms. The Kier molecular flexibility index (Phi) is 9.32. The number of guanidine groups is 1. The van der Waals surface area contributed by atoms with Gasteiger partial charge in [0.05, 0.1) is 19.8 Å². The molecule has 0 radical (unpaired) electrons. The summed E-state index contributed by atoms with van der Waals surface area (Å²) in [6, 6.07) is 2.08. The first-order valence-corrected chi connectivity index (χ1v) is 7.46. The third-order valence-electron chi connectivity index (χ3n) is 2.85. The zero-order valence-corrected chi connectivity index (χ0v) is 13.4. The maximum Gasteiger partial charge on any atom is 0.191 e. The zero-order valence-electron chi connectivity index (χ0n) is 13.4. The quantitative estimate of drug-likeness (QED) is 0.386. The largest absolute Gasteiger partial charge is 0.382 e. The Morgan fingerprint density at radius 3 is 2.81 bits per heavy atom. The van der Waals surface area contributed by atoms with Crippen LogP contribution in [0.1, 0.15) is 18.9 Å². The van der Waals surface area contributed by atoms with Crippen molar-refractivity contribution in [2.24, 2.45) is 12.0 Å². The van der Waals surface area contributed by atoms with Gasteiger partial charge >= 0.3 is 0 Å². The van der Waals surface area contributed by atoms with Crippen molar-refractivity contribution in [1.82, 2.24) is 15.2 Å². The van der Waals surface area contributed by atoms with Crippen LogP contribution in [0.4, 0.5) is 0 Å². The lowest BCUT2D eigenvalue weighted by Crippen LogP contribution is -2.38. The molecule has 0 fully saturated rings. The van der Waals surface area contributed by atoms with Crippen molar-refractivity contribution in [3.8, 4) is 0 Å². The van der Waals surface area contributed by atoms with Crippen LogP contribution >= 0.6 is 0 Å². The van der Waals surface area contributed by atoms with E-state index >= 15 is 0 Å². The molecular formula is C15H28N4O2. The minimum atomic E-state index is 0.647. The molecule has 1 aromatic rings. The zero-order chi connectivity index (χ0) is 15.3. The summed E-state index contributed by atoms with van der Waals surface area (Å²) in [4.78, 5) is 4.56. The lowest BCUT2D eigenvalue weighted by atomic mass is 10.3. The number of hydrogen-bond donors (Lipinski definition) is 2. The summed E-state index contributed by atoms with van der Waals surface area (Å²) >= 11 is 0. The number of aromatic nitrogens is 1. The molecule has 0 aliphatic carbocycles. The molecule has 120 valence electrons. The van der Waals surface area contributed by atoms with Crippen LogP contribution in [0.15, 0.2) is 23.5 Å². The van der Waals surface area contributed by atoms with Crippen LogP contribution in [-0.4, -0.2) is 50.5 Å². The predicted molar refractivity (Wildman–Crippen MR) is 85.5 cm³/mol. The van der Waals surface area contributed by atoms with Gasteiger partial charge in [-0.2, -0.15) is 0 Å². The summed E-state index contributed by atoms with van der Waals surface area (Å²) < 4.78 is 12.4. The van der Waals surface area contributed by atoms with Crippen LogP contribution in [0, 0.1) is 0 Å². The molecule has 0 unspecified atom stereocenters. The maximum absolute atomic E-state index is 5.42. The molecular weight excluding hydrogens is 268 g/mol. The summed E-state index contributed by atoms with van der Waals surface area (Å²) in [6.07, 6.45) is 5.05. The Hall–Kier alpha value is -1.53. The Balaban J connectivity index is 2.22. The van der Waals surface area contributed by atoms with Gasteiger partial charge < -0.3 is 24.7 Å². The summed E-state index contributed by atoms with van der Waals surface area (Å²) in [5, 5.41) is 6.55. The Morgan fingerprint density at radius 2 is 2.14 bits per heavy atom. The molecule has 2 N–H and O–H groups in total. The maximum atomic E-state index is 5.42. The molecule has 0 aliphatic heterocycles. The number of aryl methyl sites for hydroxylation is 1. The van der Waals surface area contributed by atoms with Crippen molar-refractivity contribution in [2.75, 3.05) is 40.0 Å². The summed E-state index contributed by atoms with van der Waals surface area (Å²) in [6.45, 7) is 6.47. The minimum absolute atomic E-state index is 0.647. The Bertz CT molecular complexity index is 404. The molecule has 0 atom stereocenters. The molecule has 6 heteroatoms. The second-order valence-corrected chi connectivity index (χ2v) is 4.77. The molecule has 6 nitrogen and oxygen atoms in total. The molecule has 0 saturated heterocycles. The van der Waals surface area contributed by atoms with E-state index in [9.17, 15) is 0 Å². The topological polar surface area (TPSA) is 59.8 Å². The second kappa shape index (κ2) is 11.2. The first-order valence-electron chi connectivity index (χ1n) is 7.46. The van der Waals surface area contributed by atoms with Gasteiger partial charge in [-0.25, -0.2) is 4.99 Å². The number of methoxy groups -OCH3 is 1. The van der Waals surface area contributed by atoms with Gasteiger partial charge in [0.1, 0.15) is 0 Å². The molecule has 1 heterocycles. The first kappa shape index (κ1) is 17.5. The highest BCUT2D eigenvalue weighted by molar-refractivity contribution is 5.79. The van der Waals surface area contributed by atoms with E-state index in [1.54, 1.807) is 7.11 Å². The van der Waals surface area contributed by atoms with Crippen molar-refractivity contribution in [1.29, 1.82) is 0 Å². The number of nitrogens with one attached hydrogen (secondary N) is 2. The minimum Gasteiger partial charge on any atom is -0.382 e. The van der Waals surface area contributed by atoms with Gasteiger partial charge in [-0.3, -0.25) is 0 Å². The van der Waals surface area contributed by atoms with Gasteiger partial charge in [0.2, 0.25) is 0 Å². The lowest BCUT2D eigenvalue weighted by molar-refractivity contribution is 0.0698. The highest BCUT2D eigenvalue weighted by atomic mass is 16.5. The third kappa shape index (κ3) is 8.37. The van der Waals surface area contributed by atoms with Gasteiger partial charge in [-0.1, -0.05) is 0 Å². The number of nitrogens with zero attached hydrogens (tertiary/aromatic N) is 2. The van der Waals surface area contributed by atoms with Crippen LogP contribution in [0.3, 0.4) is 0 Å². The molecule has 1 rings (SSSR count). The van der Waals surface area contributed by atoms with Crippen LogP contribution in [-0.2, 0) is 23.1 Å². The number of hydrogen-bond acceptors (Lipinski definition) is 3. The molecule has 0 saturated carbocycles. The number of aliphatic imine (C=N–C) groups is 1. The highest BCUT2D eigenvalue weighted by Gasteiger charge is 1.98. The highest BCUT2D eigenvalue weighted by Crippen LogP contribution is 2.00. The predicted octanol–water partition coefficient (Wildman–Crippen LogP) is 1.13. The second-order valence-electron chi connectivity index (χ2n) is 4.77. The van der Waals surface area contributed by atoms with Gasteiger partial charge in [0.15, 0.2) is 5.96 Å². The molecule has 21 heavy (non-hydrogen) atoms. The van der Waals surface area contributed by atoms with Crippen molar-refractivity contribution >= 4 is 5.96 Å². The first-order chi connectivity index (χ1) is 10.3.